The number of hydrogen-bond acceptors (Lipinski definition) is 7. The van der Waals surface area contributed by atoms with Crippen molar-refractivity contribution in [2.45, 2.75) is 30.5 Å². The minimum absolute atomic E-state index is 0.0487. The molecule has 0 bridgehead atoms. The summed E-state index contributed by atoms with van der Waals surface area (Å²) in [6.07, 6.45) is 0. The normalized spacial score (nSPS) is 10.6. The molecule has 0 unspecified atom stereocenters. The van der Waals surface area contributed by atoms with Crippen LogP contribution in [0.4, 0.5) is 5.13 Å². The van der Waals surface area contributed by atoms with Crippen LogP contribution in [0.5, 0.6) is 5.75 Å². The predicted molar refractivity (Wildman–Crippen MR) is 111 cm³/mol. The third-order valence-electron chi connectivity index (χ3n) is 3.81. The van der Waals surface area contributed by atoms with E-state index >= 15 is 0 Å². The van der Waals surface area contributed by atoms with E-state index in [2.05, 4.69) is 27.6 Å². The highest BCUT2D eigenvalue weighted by Crippen LogP contribution is 2.32. The first-order valence-electron chi connectivity index (χ1n) is 8.66. The molecule has 5 nitrogen and oxygen atoms in total. The number of thioether (sulfide) groups is 1. The quantitative estimate of drug-likeness (QED) is 0.401. The van der Waals surface area contributed by atoms with Gasteiger partial charge in [0, 0.05) is 23.4 Å². The van der Waals surface area contributed by atoms with Gasteiger partial charge in [0.25, 0.3) is 0 Å². The Balaban J connectivity index is 1.62. The largest absolute Gasteiger partial charge is 0.494 e. The molecule has 0 saturated carbocycles. The summed E-state index contributed by atoms with van der Waals surface area (Å²) in [6, 6.07) is 15.7. The van der Waals surface area contributed by atoms with Crippen LogP contribution in [0.1, 0.15) is 35.3 Å². The molecule has 0 amide bonds. The zero-order valence-electron chi connectivity index (χ0n) is 15.3. The van der Waals surface area contributed by atoms with Crippen LogP contribution in [-0.2, 0) is 12.3 Å². The van der Waals surface area contributed by atoms with Crippen molar-refractivity contribution < 1.29 is 9.53 Å². The van der Waals surface area contributed by atoms with Gasteiger partial charge in [0.15, 0.2) is 10.1 Å². The average molecular weight is 400 g/mol. The molecule has 1 N–H and O–H groups in total. The number of nitrogens with zero attached hydrogens (tertiary/aromatic N) is 2. The van der Waals surface area contributed by atoms with Crippen LogP contribution in [-0.4, -0.2) is 22.6 Å². The summed E-state index contributed by atoms with van der Waals surface area (Å²) in [5.74, 6) is 1.53. The minimum Gasteiger partial charge on any atom is -0.494 e. The minimum atomic E-state index is 0.0487. The molecule has 2 aromatic carbocycles. The van der Waals surface area contributed by atoms with Crippen molar-refractivity contribution in [1.29, 1.82) is 0 Å². The predicted octanol–water partition coefficient (Wildman–Crippen LogP) is 5.04. The van der Waals surface area contributed by atoms with Gasteiger partial charge in [-0.25, -0.2) is 0 Å². The van der Waals surface area contributed by atoms with Crippen LogP contribution in [0.15, 0.2) is 52.9 Å². The molecule has 0 saturated heterocycles. The van der Waals surface area contributed by atoms with Gasteiger partial charge in [-0.05, 0) is 37.6 Å². The number of Topliss-reactive ketones (excluding diaryl/α,β-unsaturated/α-hetero) is 1. The number of carbonyl (C=O) groups excluding carboxylic acids is 1. The van der Waals surface area contributed by atoms with Crippen molar-refractivity contribution in [3.05, 3.63) is 65.2 Å². The third kappa shape index (κ3) is 5.55. The van der Waals surface area contributed by atoms with Gasteiger partial charge in [-0.2, -0.15) is 0 Å². The van der Waals surface area contributed by atoms with Crippen LogP contribution in [0.25, 0.3) is 0 Å². The van der Waals surface area contributed by atoms with E-state index in [0.717, 1.165) is 27.3 Å². The third-order valence-corrected chi connectivity index (χ3v) is 5.87. The molecule has 3 rings (SSSR count). The number of ketones is 1. The van der Waals surface area contributed by atoms with Gasteiger partial charge in [0.2, 0.25) is 5.13 Å². The van der Waals surface area contributed by atoms with Gasteiger partial charge in [-0.1, -0.05) is 53.4 Å². The number of rotatable bonds is 9. The first kappa shape index (κ1) is 19.4. The van der Waals surface area contributed by atoms with E-state index in [-0.39, 0.29) is 5.78 Å². The Hall–Kier alpha value is -2.38. The number of benzene rings is 2. The second-order valence-electron chi connectivity index (χ2n) is 5.81. The van der Waals surface area contributed by atoms with Gasteiger partial charge in [-0.15, -0.1) is 10.2 Å². The van der Waals surface area contributed by atoms with Crippen LogP contribution in [0.2, 0.25) is 0 Å². The average Bonchev–Trinajstić information content (AvgIpc) is 3.14. The highest BCUT2D eigenvalue weighted by molar-refractivity contribution is 8.00. The van der Waals surface area contributed by atoms with E-state index in [0.29, 0.717) is 17.9 Å². The summed E-state index contributed by atoms with van der Waals surface area (Å²) in [5, 5.41) is 12.5. The Morgan fingerprint density at radius 1 is 1.19 bits per heavy atom. The number of anilines is 1. The van der Waals surface area contributed by atoms with Crippen molar-refractivity contribution >= 4 is 34.0 Å². The highest BCUT2D eigenvalue weighted by Gasteiger charge is 2.11. The molecular weight excluding hydrogens is 378 g/mol. The van der Waals surface area contributed by atoms with E-state index < -0.39 is 0 Å². The number of nitrogens with one attached hydrogen (secondary N) is 1. The first-order valence-corrected chi connectivity index (χ1v) is 10.5. The zero-order chi connectivity index (χ0) is 19.1. The number of hydrogen-bond donors (Lipinski definition) is 1. The number of carbonyl (C=O) groups is 1. The fourth-order valence-corrected chi connectivity index (χ4v) is 4.19. The SMILES string of the molecule is CCOc1ccc(C(C)=O)cc1CSc1nnc(NCc2ccccc2)s1. The topological polar surface area (TPSA) is 64.1 Å². The highest BCUT2D eigenvalue weighted by atomic mass is 32.2. The maximum Gasteiger partial charge on any atom is 0.206 e. The molecule has 0 aliphatic rings. The monoisotopic (exact) mass is 399 g/mol. The lowest BCUT2D eigenvalue weighted by Crippen LogP contribution is -1.99. The second kappa shape index (κ2) is 9.53. The molecule has 140 valence electrons. The maximum absolute atomic E-state index is 11.7. The lowest BCUT2D eigenvalue weighted by molar-refractivity contribution is 0.101. The molecule has 0 radical (unpaired) electrons. The lowest BCUT2D eigenvalue weighted by Gasteiger charge is -2.10. The summed E-state index contributed by atoms with van der Waals surface area (Å²) in [5.41, 5.74) is 2.88. The van der Waals surface area contributed by atoms with Gasteiger partial charge < -0.3 is 10.1 Å². The molecule has 7 heteroatoms. The van der Waals surface area contributed by atoms with E-state index in [9.17, 15) is 4.79 Å². The van der Waals surface area contributed by atoms with Crippen LogP contribution >= 0.6 is 23.1 Å². The lowest BCUT2D eigenvalue weighted by atomic mass is 10.1. The molecule has 0 fully saturated rings. The fourth-order valence-electron chi connectivity index (χ4n) is 2.46. The maximum atomic E-state index is 11.7. The standard InChI is InChI=1S/C20H21N3O2S2/c1-3-25-18-10-9-16(14(2)24)11-17(18)13-26-20-23-22-19(27-20)21-12-15-7-5-4-6-8-15/h4-11H,3,12-13H2,1-2H3,(H,21,22). The van der Waals surface area contributed by atoms with E-state index in [1.165, 1.54) is 16.9 Å². The molecule has 1 heterocycles. The van der Waals surface area contributed by atoms with Crippen LogP contribution in [0.3, 0.4) is 0 Å². The van der Waals surface area contributed by atoms with Gasteiger partial charge in [0.1, 0.15) is 5.75 Å². The summed E-state index contributed by atoms with van der Waals surface area (Å²) in [6.45, 7) is 4.83. The molecule has 27 heavy (non-hydrogen) atoms. The number of aromatic nitrogens is 2. The van der Waals surface area contributed by atoms with Gasteiger partial charge in [-0.3, -0.25) is 4.79 Å². The molecule has 0 atom stereocenters. The van der Waals surface area contributed by atoms with Gasteiger partial charge in [0.05, 0.1) is 6.61 Å². The Kier molecular flexibility index (Phi) is 6.84. The van der Waals surface area contributed by atoms with Crippen LogP contribution in [0, 0.1) is 0 Å². The summed E-state index contributed by atoms with van der Waals surface area (Å²) >= 11 is 3.11. The summed E-state index contributed by atoms with van der Waals surface area (Å²) in [7, 11) is 0. The Morgan fingerprint density at radius 3 is 2.74 bits per heavy atom. The van der Waals surface area contributed by atoms with Crippen molar-refractivity contribution in [1.82, 2.24) is 10.2 Å². The Labute approximate surface area is 167 Å². The van der Waals surface area contributed by atoms with Gasteiger partial charge >= 0.3 is 0 Å². The summed E-state index contributed by atoms with van der Waals surface area (Å²) < 4.78 is 6.56. The number of ether oxygens (including phenoxy) is 1. The van der Waals surface area contributed by atoms with E-state index in [4.69, 9.17) is 4.74 Å². The van der Waals surface area contributed by atoms with Crippen molar-refractivity contribution in [3.8, 4) is 5.75 Å². The van der Waals surface area contributed by atoms with Crippen molar-refractivity contribution in [2.75, 3.05) is 11.9 Å². The van der Waals surface area contributed by atoms with E-state index in [1.807, 2.05) is 37.3 Å². The molecule has 3 aromatic rings. The second-order valence-corrected chi connectivity index (χ2v) is 8.01. The van der Waals surface area contributed by atoms with Crippen molar-refractivity contribution in [3.63, 3.8) is 0 Å². The zero-order valence-corrected chi connectivity index (χ0v) is 16.9. The summed E-state index contributed by atoms with van der Waals surface area (Å²) in [4.78, 5) is 11.7. The molecule has 0 aliphatic carbocycles. The molecule has 0 aliphatic heterocycles. The molecule has 1 aromatic heterocycles. The fraction of sp³-hybridized carbons (Fsp3) is 0.250. The smallest absolute Gasteiger partial charge is 0.206 e. The Morgan fingerprint density at radius 2 is 2.00 bits per heavy atom. The first-order chi connectivity index (χ1) is 13.2. The van der Waals surface area contributed by atoms with Crippen molar-refractivity contribution in [2.24, 2.45) is 0 Å². The Bertz CT molecular complexity index is 897. The van der Waals surface area contributed by atoms with Crippen LogP contribution < -0.4 is 10.1 Å². The van der Waals surface area contributed by atoms with E-state index in [1.54, 1.807) is 24.8 Å². The molecule has 0 spiro atoms. The molecular formula is C20H21N3O2S2.